The van der Waals surface area contributed by atoms with Crippen LogP contribution in [0.4, 0.5) is 0 Å². The van der Waals surface area contributed by atoms with Crippen LogP contribution >= 0.6 is 0 Å². The molecule has 1 rings (SSSR count). The highest BCUT2D eigenvalue weighted by Crippen LogP contribution is 2.20. The SMILES string of the molecule is C.CCCCCCCC(=O)OC(CO)C1OCC(O)C1O.CCCCCCCC(=O)OO.OO.[H+].[O-]O.[OH-]. The molecule has 228 valence electrons. The van der Waals surface area contributed by atoms with Crippen LogP contribution in [0.25, 0.3) is 0 Å². The van der Waals surface area contributed by atoms with Gasteiger partial charge in [0.1, 0.15) is 18.3 Å². The highest BCUT2D eigenvalue weighted by molar-refractivity contribution is 5.69. The first-order valence-electron chi connectivity index (χ1n) is 11.9. The van der Waals surface area contributed by atoms with Gasteiger partial charge in [-0.05, 0) is 12.8 Å². The van der Waals surface area contributed by atoms with Gasteiger partial charge in [-0.25, -0.2) is 4.79 Å². The number of hydrogen-bond donors (Lipinski definition) is 7. The molecule has 0 aromatic heterocycles. The molecular formula is C23H51O14-. The Labute approximate surface area is 221 Å². The number of aliphatic hydroxyl groups is 3. The Morgan fingerprint density at radius 3 is 1.70 bits per heavy atom. The summed E-state index contributed by atoms with van der Waals surface area (Å²) in [5, 5.41) is 61.2. The van der Waals surface area contributed by atoms with Crippen LogP contribution in [-0.4, -0.2) is 91.4 Å². The largest absolute Gasteiger partial charge is 1.00 e. The van der Waals surface area contributed by atoms with Crippen LogP contribution in [0.15, 0.2) is 0 Å². The first-order chi connectivity index (χ1) is 16.9. The van der Waals surface area contributed by atoms with Crippen molar-refractivity contribution in [1.82, 2.24) is 0 Å². The van der Waals surface area contributed by atoms with Crippen LogP contribution in [-0.2, 0) is 24.0 Å². The van der Waals surface area contributed by atoms with Gasteiger partial charge in [-0.3, -0.25) is 15.3 Å². The monoisotopic (exact) mass is 551 g/mol. The summed E-state index contributed by atoms with van der Waals surface area (Å²) in [7, 11) is 0. The maximum absolute atomic E-state index is 11.7. The van der Waals surface area contributed by atoms with E-state index in [4.69, 9.17) is 35.8 Å². The average Bonchev–Trinajstić information content (AvgIpc) is 3.22. The Bertz CT molecular complexity index is 473. The van der Waals surface area contributed by atoms with Crippen molar-refractivity contribution in [2.75, 3.05) is 13.2 Å². The summed E-state index contributed by atoms with van der Waals surface area (Å²) < 4.78 is 10.3. The fourth-order valence-electron chi connectivity index (χ4n) is 3.18. The molecule has 0 aromatic carbocycles. The molecule has 0 amide bonds. The summed E-state index contributed by atoms with van der Waals surface area (Å²) in [6.45, 7) is 3.82. The minimum Gasteiger partial charge on any atom is -0.870 e. The lowest BCUT2D eigenvalue weighted by Crippen LogP contribution is -2.43. The van der Waals surface area contributed by atoms with E-state index in [2.05, 4.69) is 18.7 Å². The minimum absolute atomic E-state index is 0. The van der Waals surface area contributed by atoms with Gasteiger partial charge < -0.3 is 45.7 Å². The number of rotatable bonds is 15. The minimum atomic E-state index is -1.13. The Morgan fingerprint density at radius 1 is 0.919 bits per heavy atom. The van der Waals surface area contributed by atoms with E-state index in [1.807, 2.05) is 0 Å². The van der Waals surface area contributed by atoms with Gasteiger partial charge in [0, 0.05) is 12.8 Å². The van der Waals surface area contributed by atoms with Crippen molar-refractivity contribution in [3.05, 3.63) is 0 Å². The van der Waals surface area contributed by atoms with Crippen molar-refractivity contribution in [2.45, 2.75) is 123 Å². The molecule has 1 fully saturated rings. The first-order valence-corrected chi connectivity index (χ1v) is 11.9. The van der Waals surface area contributed by atoms with Crippen molar-refractivity contribution < 1.29 is 72.5 Å². The third-order valence-corrected chi connectivity index (χ3v) is 5.09. The lowest BCUT2D eigenvalue weighted by Gasteiger charge is -2.23. The smallest absolute Gasteiger partial charge is 0.870 e. The molecule has 0 bridgehead atoms. The highest BCUT2D eigenvalue weighted by atomic mass is 17.1. The van der Waals surface area contributed by atoms with Crippen LogP contribution in [0, 0.1) is 0 Å². The molecule has 4 unspecified atom stereocenters. The molecule has 1 saturated heterocycles. The van der Waals surface area contributed by atoms with Gasteiger partial charge in [0.2, 0.25) is 0 Å². The predicted octanol–water partition coefficient (Wildman–Crippen LogP) is 2.14. The van der Waals surface area contributed by atoms with Gasteiger partial charge in [0.05, 0.1) is 13.2 Å². The van der Waals surface area contributed by atoms with E-state index in [1.165, 1.54) is 12.8 Å². The van der Waals surface area contributed by atoms with Crippen LogP contribution in [0.5, 0.6) is 0 Å². The normalized spacial score (nSPS) is 18.1. The van der Waals surface area contributed by atoms with Crippen LogP contribution in [0.1, 0.15) is 99.8 Å². The second-order valence-electron chi connectivity index (χ2n) is 7.86. The Hall–Kier alpha value is -1.46. The van der Waals surface area contributed by atoms with Crippen molar-refractivity contribution in [2.24, 2.45) is 0 Å². The van der Waals surface area contributed by atoms with E-state index >= 15 is 0 Å². The second-order valence-corrected chi connectivity index (χ2v) is 7.86. The molecule has 0 aromatic rings. The zero-order valence-electron chi connectivity index (χ0n) is 22.2. The molecule has 1 heterocycles. The van der Waals surface area contributed by atoms with Crippen LogP contribution < -0.4 is 5.26 Å². The number of aliphatic hydroxyl groups excluding tert-OH is 3. The summed E-state index contributed by atoms with van der Waals surface area (Å²) >= 11 is 0. The molecule has 0 saturated carbocycles. The number of esters is 1. The van der Waals surface area contributed by atoms with Gasteiger partial charge in [0.25, 0.3) is 0 Å². The van der Waals surface area contributed by atoms with Crippen LogP contribution in [0.2, 0.25) is 0 Å². The average molecular weight is 552 g/mol. The number of ether oxygens (including phenoxy) is 2. The van der Waals surface area contributed by atoms with Crippen LogP contribution in [0.3, 0.4) is 0 Å². The molecule has 0 radical (unpaired) electrons. The summed E-state index contributed by atoms with van der Waals surface area (Å²) in [6.07, 6.45) is 7.30. The topological polar surface area (TPSA) is 256 Å². The summed E-state index contributed by atoms with van der Waals surface area (Å²) in [5.41, 5.74) is 0. The van der Waals surface area contributed by atoms with Crippen molar-refractivity contribution >= 4 is 11.9 Å². The molecule has 0 aliphatic carbocycles. The highest BCUT2D eigenvalue weighted by Gasteiger charge is 2.41. The van der Waals surface area contributed by atoms with Gasteiger partial charge in [-0.15, -0.1) is 0 Å². The Morgan fingerprint density at radius 2 is 1.35 bits per heavy atom. The molecule has 1 aliphatic heterocycles. The lowest BCUT2D eigenvalue weighted by molar-refractivity contribution is -0.670. The molecular weight excluding hydrogens is 500 g/mol. The fraction of sp³-hybridized carbons (Fsp3) is 0.913. The van der Waals surface area contributed by atoms with E-state index in [0.29, 0.717) is 12.8 Å². The zero-order valence-corrected chi connectivity index (χ0v) is 21.2. The summed E-state index contributed by atoms with van der Waals surface area (Å²) in [5.74, 6) is -0.931. The van der Waals surface area contributed by atoms with Crippen molar-refractivity contribution in [3.63, 3.8) is 0 Å². The van der Waals surface area contributed by atoms with Gasteiger partial charge in [-0.1, -0.05) is 72.6 Å². The molecule has 0 spiro atoms. The number of unbranched alkanes of at least 4 members (excludes halogenated alkanes) is 8. The van der Waals surface area contributed by atoms with Gasteiger partial charge in [-0.2, -0.15) is 5.26 Å². The third kappa shape index (κ3) is 26.0. The maximum atomic E-state index is 11.7. The maximum Gasteiger partial charge on any atom is 1.00 e. The Balaban J connectivity index is -0.000000123. The standard InChI is InChI=1S/C14H26O6.C8H16O3.CH4.2H2O2.H2O/c1-2-3-4-5-6-7-12(17)20-11(8-15)14-13(18)10(16)9-19-14;1-2-3-4-5-6-7-8(9)11-10;;2*1-2;/h10-11,13-16,18H,2-9H2,1H3;10H,2-7H2,1H3;1H4;2*1-2H;1H2/p-1. The fourth-order valence-corrected chi connectivity index (χ4v) is 3.18. The van der Waals surface area contributed by atoms with E-state index < -0.39 is 43.0 Å². The molecule has 8 N–H and O–H groups in total. The second kappa shape index (κ2) is 34.5. The quantitative estimate of drug-likeness (QED) is 0.0666. The molecule has 1 aliphatic rings. The molecule has 37 heavy (non-hydrogen) atoms. The zero-order chi connectivity index (χ0) is 27.5. The lowest BCUT2D eigenvalue weighted by atomic mass is 10.1. The molecule has 14 heteroatoms. The Kier molecular flexibility index (Phi) is 42.4. The first kappa shape index (κ1) is 45.5. The van der Waals surface area contributed by atoms with E-state index in [1.54, 1.807) is 0 Å². The van der Waals surface area contributed by atoms with E-state index in [-0.39, 0.29) is 20.9 Å². The van der Waals surface area contributed by atoms with E-state index in [9.17, 15) is 24.9 Å². The van der Waals surface area contributed by atoms with E-state index in [0.717, 1.165) is 51.4 Å². The number of hydrogen-bond acceptors (Lipinski definition) is 14. The van der Waals surface area contributed by atoms with Gasteiger partial charge in [0.15, 0.2) is 6.10 Å². The number of carbonyl (C=O) groups is 2. The third-order valence-electron chi connectivity index (χ3n) is 5.09. The molecule has 4 atom stereocenters. The van der Waals surface area contributed by atoms with Gasteiger partial charge >= 0.3 is 13.4 Å². The van der Waals surface area contributed by atoms with Crippen molar-refractivity contribution in [1.29, 1.82) is 0 Å². The summed E-state index contributed by atoms with van der Waals surface area (Å²) in [6, 6.07) is 0. The summed E-state index contributed by atoms with van der Waals surface area (Å²) in [4.78, 5) is 25.5. The molecule has 14 nitrogen and oxygen atoms in total. The number of carbonyl (C=O) groups excluding carboxylic acids is 2. The predicted molar refractivity (Wildman–Crippen MR) is 132 cm³/mol. The van der Waals surface area contributed by atoms with Crippen molar-refractivity contribution in [3.8, 4) is 0 Å².